The molecule has 1 fully saturated rings. The number of hydrogen-bond donors (Lipinski definition) is 1. The molecule has 1 aromatic heterocycles. The summed E-state index contributed by atoms with van der Waals surface area (Å²) in [5.74, 6) is -0.144. The molecule has 2 atom stereocenters. The molecule has 1 aliphatic heterocycles. The highest BCUT2D eigenvalue weighted by Crippen LogP contribution is 2.29. The third-order valence-electron chi connectivity index (χ3n) is 6.77. The molecule has 0 saturated carbocycles. The largest absolute Gasteiger partial charge is 0.493 e. The predicted octanol–water partition coefficient (Wildman–Crippen LogP) is 4.92. The Morgan fingerprint density at radius 3 is 2.41 bits per heavy atom. The fraction of sp³-hybridized carbons (Fsp3) is 0.393. The Labute approximate surface area is 200 Å². The molecule has 0 radical (unpaired) electrons. The number of hydrogen-bond acceptors (Lipinski definition) is 4. The maximum atomic E-state index is 13.8. The van der Waals surface area contributed by atoms with E-state index in [9.17, 15) is 14.7 Å². The van der Waals surface area contributed by atoms with E-state index < -0.39 is 17.3 Å². The monoisotopic (exact) mass is 459 g/mol. The van der Waals surface area contributed by atoms with E-state index in [-0.39, 0.29) is 17.5 Å². The van der Waals surface area contributed by atoms with Crippen molar-refractivity contribution in [2.24, 2.45) is 0 Å². The minimum absolute atomic E-state index is 0.219. The molecule has 4 rings (SSSR count). The fourth-order valence-electron chi connectivity index (χ4n) is 4.93. The molecule has 3 aromatic rings. The van der Waals surface area contributed by atoms with Gasteiger partial charge in [0.2, 0.25) is 5.88 Å². The summed E-state index contributed by atoms with van der Waals surface area (Å²) in [6, 6.07) is 19.7. The normalized spacial score (nSPS) is 16.5. The van der Waals surface area contributed by atoms with Gasteiger partial charge in [0.25, 0.3) is 11.5 Å². The summed E-state index contributed by atoms with van der Waals surface area (Å²) in [6.07, 6.45) is 3.84. The van der Waals surface area contributed by atoms with Gasteiger partial charge in [-0.1, -0.05) is 80.9 Å². The number of aromatic nitrogens is 2. The second kappa shape index (κ2) is 10.7. The molecule has 1 aliphatic rings. The van der Waals surface area contributed by atoms with Crippen molar-refractivity contribution in [3.63, 3.8) is 0 Å². The van der Waals surface area contributed by atoms with Crippen molar-refractivity contribution in [1.29, 1.82) is 0 Å². The van der Waals surface area contributed by atoms with E-state index in [1.54, 1.807) is 9.47 Å². The molecule has 0 aliphatic carbocycles. The Kier molecular flexibility index (Phi) is 7.46. The molecule has 6 heteroatoms. The van der Waals surface area contributed by atoms with Gasteiger partial charge in [-0.25, -0.2) is 0 Å². The molecule has 1 unspecified atom stereocenters. The second-order valence-corrected chi connectivity index (χ2v) is 8.99. The second-order valence-electron chi connectivity index (χ2n) is 8.99. The first kappa shape index (κ1) is 23.7. The Hall–Kier alpha value is -3.41. The zero-order chi connectivity index (χ0) is 24.1. The van der Waals surface area contributed by atoms with Gasteiger partial charge in [0.05, 0.1) is 6.04 Å². The Morgan fingerprint density at radius 2 is 1.76 bits per heavy atom. The summed E-state index contributed by atoms with van der Waals surface area (Å²) >= 11 is 0. The first-order chi connectivity index (χ1) is 16.5. The summed E-state index contributed by atoms with van der Waals surface area (Å²) in [7, 11) is 0. The van der Waals surface area contributed by atoms with Crippen LogP contribution in [0.25, 0.3) is 0 Å². The predicted molar refractivity (Wildman–Crippen MR) is 133 cm³/mol. The van der Waals surface area contributed by atoms with E-state index in [1.807, 2.05) is 55.5 Å². The van der Waals surface area contributed by atoms with Crippen LogP contribution in [-0.4, -0.2) is 38.6 Å². The minimum atomic E-state index is -0.456. The maximum absolute atomic E-state index is 13.8. The number of carbonyl (C=O) groups is 1. The number of likely N-dealkylation sites (tertiary alicyclic amines) is 1. The first-order valence-electron chi connectivity index (χ1n) is 12.3. The van der Waals surface area contributed by atoms with Gasteiger partial charge in [0.15, 0.2) is 5.56 Å². The zero-order valence-electron chi connectivity index (χ0n) is 20.0. The highest BCUT2D eigenvalue weighted by Gasteiger charge is 2.33. The lowest BCUT2D eigenvalue weighted by atomic mass is 9.99. The quantitative estimate of drug-likeness (QED) is 0.519. The molecule has 2 aromatic carbocycles. The van der Waals surface area contributed by atoms with Crippen molar-refractivity contribution >= 4 is 5.91 Å². The smallest absolute Gasteiger partial charge is 0.270 e. The summed E-state index contributed by atoms with van der Waals surface area (Å²) in [4.78, 5) is 33.4. The van der Waals surface area contributed by atoms with Crippen molar-refractivity contribution < 1.29 is 9.90 Å². The van der Waals surface area contributed by atoms with E-state index in [4.69, 9.17) is 0 Å². The average molecular weight is 460 g/mol. The van der Waals surface area contributed by atoms with Gasteiger partial charge in [-0.3, -0.25) is 14.2 Å². The van der Waals surface area contributed by atoms with Crippen LogP contribution in [0.5, 0.6) is 5.88 Å². The van der Waals surface area contributed by atoms with E-state index in [0.29, 0.717) is 31.8 Å². The summed E-state index contributed by atoms with van der Waals surface area (Å²) in [5, 5.41) is 10.8. The van der Waals surface area contributed by atoms with Gasteiger partial charge in [0.1, 0.15) is 5.82 Å². The van der Waals surface area contributed by atoms with Crippen LogP contribution < -0.4 is 5.56 Å². The number of rotatable bonds is 8. The van der Waals surface area contributed by atoms with E-state index in [1.165, 1.54) is 5.56 Å². The van der Waals surface area contributed by atoms with Gasteiger partial charge in [-0.2, -0.15) is 4.98 Å². The third kappa shape index (κ3) is 4.76. The maximum Gasteiger partial charge on any atom is 0.270 e. The van der Waals surface area contributed by atoms with Gasteiger partial charge < -0.3 is 10.0 Å². The van der Waals surface area contributed by atoms with Crippen LogP contribution >= 0.6 is 0 Å². The SMILES string of the molecule is CCCCc1nc(O)c(C(=O)N2CCC(c3ccccc3)C2)c(=O)n1[C@@H](CC)c1ccccc1. The average Bonchev–Trinajstić information content (AvgIpc) is 3.36. The molecule has 178 valence electrons. The van der Waals surface area contributed by atoms with Crippen LogP contribution in [0.1, 0.15) is 78.8 Å². The summed E-state index contributed by atoms with van der Waals surface area (Å²) in [6.45, 7) is 5.16. The molecule has 1 saturated heterocycles. The topological polar surface area (TPSA) is 75.4 Å². The molecule has 0 bridgehead atoms. The molecular weight excluding hydrogens is 426 g/mol. The van der Waals surface area contributed by atoms with Crippen molar-refractivity contribution in [3.05, 3.63) is 93.5 Å². The summed E-state index contributed by atoms with van der Waals surface area (Å²) in [5.41, 5.74) is 1.49. The molecule has 1 N–H and O–H groups in total. The van der Waals surface area contributed by atoms with Gasteiger partial charge in [-0.15, -0.1) is 0 Å². The van der Waals surface area contributed by atoms with Crippen LogP contribution in [0, 0.1) is 0 Å². The lowest BCUT2D eigenvalue weighted by Crippen LogP contribution is -2.38. The number of carbonyl (C=O) groups excluding carboxylic acids is 1. The van der Waals surface area contributed by atoms with Crippen LogP contribution in [0.2, 0.25) is 0 Å². The third-order valence-corrected chi connectivity index (χ3v) is 6.77. The van der Waals surface area contributed by atoms with Crippen molar-refractivity contribution in [3.8, 4) is 5.88 Å². The van der Waals surface area contributed by atoms with Gasteiger partial charge in [-0.05, 0) is 30.4 Å². The fourth-order valence-corrected chi connectivity index (χ4v) is 4.93. The Bertz CT molecular complexity index is 1170. The lowest BCUT2D eigenvalue weighted by molar-refractivity contribution is 0.0783. The van der Waals surface area contributed by atoms with Crippen molar-refractivity contribution in [2.45, 2.75) is 57.9 Å². The molecule has 1 amide bonds. The summed E-state index contributed by atoms with van der Waals surface area (Å²) < 4.78 is 1.64. The first-order valence-corrected chi connectivity index (χ1v) is 12.3. The molecule has 2 heterocycles. The van der Waals surface area contributed by atoms with Gasteiger partial charge in [0, 0.05) is 25.4 Å². The highest BCUT2D eigenvalue weighted by atomic mass is 16.3. The van der Waals surface area contributed by atoms with Crippen molar-refractivity contribution in [1.82, 2.24) is 14.5 Å². The molecule has 0 spiro atoms. The number of aryl methyl sites for hydroxylation is 1. The minimum Gasteiger partial charge on any atom is -0.493 e. The van der Waals surface area contributed by atoms with Crippen LogP contribution in [0.4, 0.5) is 0 Å². The standard InChI is InChI=1S/C28H33N3O3/c1-3-5-16-24-29-26(32)25(28(34)31(24)23(4-2)21-14-10-7-11-15-21)27(33)30-18-17-22(19-30)20-12-8-6-9-13-20/h6-15,22-23,32H,3-5,16-19H2,1-2H3/t22?,23-/m0/s1. The van der Waals surface area contributed by atoms with Crippen LogP contribution in [0.3, 0.4) is 0 Å². The van der Waals surface area contributed by atoms with Gasteiger partial charge >= 0.3 is 0 Å². The Morgan fingerprint density at radius 1 is 1.09 bits per heavy atom. The molecule has 6 nitrogen and oxygen atoms in total. The number of nitrogens with zero attached hydrogens (tertiary/aromatic N) is 3. The van der Waals surface area contributed by atoms with Crippen LogP contribution in [0.15, 0.2) is 65.5 Å². The van der Waals surface area contributed by atoms with E-state index >= 15 is 0 Å². The Balaban J connectivity index is 1.72. The molecular formula is C28H33N3O3. The number of aromatic hydroxyl groups is 1. The number of amides is 1. The van der Waals surface area contributed by atoms with E-state index in [2.05, 4.69) is 24.0 Å². The van der Waals surface area contributed by atoms with Crippen molar-refractivity contribution in [2.75, 3.05) is 13.1 Å². The number of benzene rings is 2. The molecule has 34 heavy (non-hydrogen) atoms. The lowest BCUT2D eigenvalue weighted by Gasteiger charge is -2.24. The zero-order valence-corrected chi connectivity index (χ0v) is 20.0. The van der Waals surface area contributed by atoms with E-state index in [0.717, 1.165) is 24.8 Å². The van der Waals surface area contributed by atoms with Crippen LogP contribution in [-0.2, 0) is 6.42 Å². The highest BCUT2D eigenvalue weighted by molar-refractivity contribution is 5.96. The number of unbranched alkanes of at least 4 members (excludes halogenated alkanes) is 1.